The Kier molecular flexibility index (Phi) is 4.35. The molecule has 6 heteroatoms. The van der Waals surface area contributed by atoms with E-state index in [-0.39, 0.29) is 17.9 Å². The molecular formula is C12H19FO4S. The first-order chi connectivity index (χ1) is 8.06. The van der Waals surface area contributed by atoms with E-state index >= 15 is 0 Å². The molecule has 1 aliphatic rings. The summed E-state index contributed by atoms with van der Waals surface area (Å²) in [6, 6.07) is 0. The van der Waals surface area contributed by atoms with Gasteiger partial charge in [0, 0.05) is 0 Å². The van der Waals surface area contributed by atoms with Gasteiger partial charge in [-0.25, -0.2) is 4.39 Å². The molecule has 0 radical (unpaired) electrons. The van der Waals surface area contributed by atoms with E-state index in [9.17, 15) is 17.9 Å². The van der Waals surface area contributed by atoms with Crippen molar-refractivity contribution in [1.82, 2.24) is 0 Å². The Hall–Kier alpha value is -0.720. The molecule has 2 unspecified atom stereocenters. The summed E-state index contributed by atoms with van der Waals surface area (Å²) in [4.78, 5) is -0.459. The Labute approximate surface area is 107 Å². The van der Waals surface area contributed by atoms with E-state index in [2.05, 4.69) is 0 Å². The largest absolute Gasteiger partial charge is 0.358 e. The van der Waals surface area contributed by atoms with E-state index in [0.717, 1.165) is 6.08 Å². The quantitative estimate of drug-likeness (QED) is 0.774. The molecule has 2 atom stereocenters. The summed E-state index contributed by atoms with van der Waals surface area (Å²) < 4.78 is 45.8. The highest BCUT2D eigenvalue weighted by Crippen LogP contribution is 2.41. The Balaban J connectivity index is 3.14. The van der Waals surface area contributed by atoms with E-state index < -0.39 is 26.8 Å². The smallest absolute Gasteiger partial charge is 0.291 e. The van der Waals surface area contributed by atoms with Crippen LogP contribution in [0.1, 0.15) is 33.6 Å². The molecule has 0 fully saturated rings. The van der Waals surface area contributed by atoms with Crippen molar-refractivity contribution in [2.45, 2.75) is 39.5 Å². The average molecular weight is 278 g/mol. The second kappa shape index (κ2) is 5.11. The standard InChI is InChI=1S/C12H19FO4S/c1-8(2)4-6-10-11(18(15,16)17)7-5-9(3)12(10,13)14/h5,7-8,10,14H,4,6H2,1-3H3,(H,15,16,17). The van der Waals surface area contributed by atoms with Gasteiger partial charge in [0.1, 0.15) is 0 Å². The monoisotopic (exact) mass is 278 g/mol. The molecule has 1 rings (SSSR count). The Morgan fingerprint density at radius 2 is 2.00 bits per heavy atom. The van der Waals surface area contributed by atoms with Crippen LogP contribution >= 0.6 is 0 Å². The van der Waals surface area contributed by atoms with E-state index in [1.54, 1.807) is 0 Å². The van der Waals surface area contributed by atoms with Crippen molar-refractivity contribution in [3.8, 4) is 0 Å². The zero-order valence-corrected chi connectivity index (χ0v) is 11.5. The Morgan fingerprint density at radius 1 is 1.44 bits per heavy atom. The lowest BCUT2D eigenvalue weighted by molar-refractivity contribution is -0.0926. The van der Waals surface area contributed by atoms with Crippen molar-refractivity contribution >= 4 is 10.1 Å². The molecule has 0 saturated heterocycles. The molecule has 104 valence electrons. The summed E-state index contributed by atoms with van der Waals surface area (Å²) >= 11 is 0. The van der Waals surface area contributed by atoms with Crippen LogP contribution in [0.5, 0.6) is 0 Å². The number of allylic oxidation sites excluding steroid dienone is 2. The molecule has 2 N–H and O–H groups in total. The van der Waals surface area contributed by atoms with Crippen LogP contribution in [-0.4, -0.2) is 23.9 Å². The molecule has 0 aromatic carbocycles. The zero-order valence-electron chi connectivity index (χ0n) is 10.7. The van der Waals surface area contributed by atoms with E-state index in [0.29, 0.717) is 6.42 Å². The van der Waals surface area contributed by atoms with Crippen LogP contribution in [0.2, 0.25) is 0 Å². The summed E-state index contributed by atoms with van der Waals surface area (Å²) in [6.07, 6.45) is 3.04. The Bertz CT molecular complexity index is 474. The van der Waals surface area contributed by atoms with E-state index in [4.69, 9.17) is 4.55 Å². The topological polar surface area (TPSA) is 74.6 Å². The van der Waals surface area contributed by atoms with Crippen molar-refractivity contribution in [3.63, 3.8) is 0 Å². The van der Waals surface area contributed by atoms with Crippen molar-refractivity contribution in [1.29, 1.82) is 0 Å². The number of alkyl halides is 1. The van der Waals surface area contributed by atoms with Gasteiger partial charge in [0.05, 0.1) is 10.8 Å². The van der Waals surface area contributed by atoms with Crippen molar-refractivity contribution in [3.05, 3.63) is 22.6 Å². The maximum Gasteiger partial charge on any atom is 0.291 e. The molecule has 0 saturated carbocycles. The second-order valence-electron chi connectivity index (χ2n) is 5.09. The molecule has 1 aliphatic carbocycles. The van der Waals surface area contributed by atoms with Crippen molar-refractivity contribution in [2.24, 2.45) is 11.8 Å². The first-order valence-electron chi connectivity index (χ1n) is 5.84. The number of aliphatic hydroxyl groups is 1. The molecule has 18 heavy (non-hydrogen) atoms. The van der Waals surface area contributed by atoms with Crippen molar-refractivity contribution < 1.29 is 22.5 Å². The molecule has 0 bridgehead atoms. The van der Waals surface area contributed by atoms with E-state index in [1.807, 2.05) is 13.8 Å². The summed E-state index contributed by atoms with van der Waals surface area (Å²) in [5.41, 5.74) is 0.0451. The fourth-order valence-corrected chi connectivity index (χ4v) is 2.88. The Morgan fingerprint density at radius 3 is 2.44 bits per heavy atom. The van der Waals surface area contributed by atoms with Crippen LogP contribution in [-0.2, 0) is 10.1 Å². The predicted octanol–water partition coefficient (Wildman–Crippen LogP) is 2.43. The molecular weight excluding hydrogens is 259 g/mol. The molecule has 0 aromatic rings. The van der Waals surface area contributed by atoms with Gasteiger partial charge in [-0.3, -0.25) is 4.55 Å². The van der Waals surface area contributed by atoms with Gasteiger partial charge in [-0.05, 0) is 30.9 Å². The van der Waals surface area contributed by atoms with Crippen LogP contribution in [0.25, 0.3) is 0 Å². The number of hydrogen-bond donors (Lipinski definition) is 2. The highest BCUT2D eigenvalue weighted by atomic mass is 32.2. The maximum absolute atomic E-state index is 14.2. The highest BCUT2D eigenvalue weighted by Gasteiger charge is 2.45. The van der Waals surface area contributed by atoms with Crippen LogP contribution in [0.4, 0.5) is 4.39 Å². The van der Waals surface area contributed by atoms with Gasteiger partial charge >= 0.3 is 0 Å². The number of rotatable bonds is 4. The van der Waals surface area contributed by atoms with Crippen LogP contribution in [0.15, 0.2) is 22.6 Å². The zero-order chi connectivity index (χ0) is 14.1. The maximum atomic E-state index is 14.2. The minimum absolute atomic E-state index is 0.0451. The van der Waals surface area contributed by atoms with Gasteiger partial charge < -0.3 is 5.11 Å². The van der Waals surface area contributed by atoms with Gasteiger partial charge in [0.25, 0.3) is 10.1 Å². The van der Waals surface area contributed by atoms with Gasteiger partial charge in [0.15, 0.2) is 0 Å². The molecule has 0 aliphatic heterocycles. The van der Waals surface area contributed by atoms with Crippen molar-refractivity contribution in [2.75, 3.05) is 0 Å². The molecule has 0 aromatic heterocycles. The van der Waals surface area contributed by atoms with Gasteiger partial charge in [-0.1, -0.05) is 26.3 Å². The third-order valence-corrected chi connectivity index (χ3v) is 4.20. The van der Waals surface area contributed by atoms with Gasteiger partial charge in [-0.15, -0.1) is 0 Å². The van der Waals surface area contributed by atoms with Crippen LogP contribution < -0.4 is 0 Å². The van der Waals surface area contributed by atoms with Gasteiger partial charge in [0.2, 0.25) is 5.85 Å². The predicted molar refractivity (Wildman–Crippen MR) is 67.0 cm³/mol. The molecule has 0 spiro atoms. The first kappa shape index (κ1) is 15.3. The summed E-state index contributed by atoms with van der Waals surface area (Å²) in [5, 5.41) is 9.80. The van der Waals surface area contributed by atoms with E-state index in [1.165, 1.54) is 13.0 Å². The minimum Gasteiger partial charge on any atom is -0.358 e. The average Bonchev–Trinajstić information content (AvgIpc) is 2.18. The lowest BCUT2D eigenvalue weighted by Gasteiger charge is -2.33. The summed E-state index contributed by atoms with van der Waals surface area (Å²) in [7, 11) is -4.50. The lowest BCUT2D eigenvalue weighted by atomic mass is 9.84. The minimum atomic E-state index is -4.50. The fourth-order valence-electron chi connectivity index (χ4n) is 2.00. The second-order valence-corrected chi connectivity index (χ2v) is 6.51. The SMILES string of the molecule is CC1=CC=C(S(=O)(=O)O)C(CCC(C)C)C1(O)F. The highest BCUT2D eigenvalue weighted by molar-refractivity contribution is 7.89. The molecule has 4 nitrogen and oxygen atoms in total. The van der Waals surface area contributed by atoms with Crippen LogP contribution in [0.3, 0.4) is 0 Å². The third kappa shape index (κ3) is 3.18. The fraction of sp³-hybridized carbons (Fsp3) is 0.667. The molecule has 0 heterocycles. The third-order valence-electron chi connectivity index (χ3n) is 3.19. The first-order valence-corrected chi connectivity index (χ1v) is 7.28. The number of hydrogen-bond acceptors (Lipinski definition) is 3. The molecule has 0 amide bonds. The number of halogens is 1. The normalized spacial score (nSPS) is 29.2. The summed E-state index contributed by atoms with van der Waals surface area (Å²) in [6.45, 7) is 5.22. The lowest BCUT2D eigenvalue weighted by Crippen LogP contribution is -2.39. The van der Waals surface area contributed by atoms with Crippen LogP contribution in [0, 0.1) is 11.8 Å². The summed E-state index contributed by atoms with van der Waals surface area (Å²) in [5.74, 6) is -3.73. The van der Waals surface area contributed by atoms with Gasteiger partial charge in [-0.2, -0.15) is 8.42 Å².